The summed E-state index contributed by atoms with van der Waals surface area (Å²) in [5.41, 5.74) is 4.81. The molecule has 4 rings (SSSR count). The van der Waals surface area contributed by atoms with E-state index in [9.17, 15) is 13.2 Å². The first kappa shape index (κ1) is 19.8. The third-order valence-corrected chi connectivity index (χ3v) is 6.08. The second kappa shape index (κ2) is 7.40. The number of nitrogens with zero attached hydrogens (tertiary/aromatic N) is 2. The molecular weight excluding hydrogens is 400 g/mol. The monoisotopic (exact) mass is 420 g/mol. The lowest BCUT2D eigenvalue weighted by atomic mass is 10.1. The molecule has 7 nitrogen and oxygen atoms in total. The van der Waals surface area contributed by atoms with Crippen LogP contribution in [-0.2, 0) is 10.0 Å². The molecule has 1 aromatic heterocycles. The second-order valence-corrected chi connectivity index (χ2v) is 8.60. The smallest absolute Gasteiger partial charge is 0.255 e. The largest absolute Gasteiger partial charge is 0.322 e. The van der Waals surface area contributed by atoms with Gasteiger partial charge in [0, 0.05) is 16.9 Å². The van der Waals surface area contributed by atoms with Crippen LogP contribution in [0, 0.1) is 13.8 Å². The Bertz CT molecular complexity index is 1370. The van der Waals surface area contributed by atoms with Crippen molar-refractivity contribution in [1.82, 2.24) is 9.55 Å². The average molecular weight is 420 g/mol. The van der Waals surface area contributed by atoms with Crippen LogP contribution in [0.25, 0.3) is 16.7 Å². The van der Waals surface area contributed by atoms with Crippen molar-refractivity contribution in [3.8, 4) is 5.69 Å². The number of amides is 1. The summed E-state index contributed by atoms with van der Waals surface area (Å²) in [4.78, 5) is 17.0. The summed E-state index contributed by atoms with van der Waals surface area (Å²) in [6, 6.07) is 18.1. The average Bonchev–Trinajstić information content (AvgIpc) is 3.13. The number of benzene rings is 3. The minimum absolute atomic E-state index is 0.0463. The van der Waals surface area contributed by atoms with E-state index < -0.39 is 15.9 Å². The van der Waals surface area contributed by atoms with E-state index in [0.29, 0.717) is 16.8 Å². The molecule has 30 heavy (non-hydrogen) atoms. The maximum atomic E-state index is 12.7. The Morgan fingerprint density at radius 3 is 2.43 bits per heavy atom. The first-order chi connectivity index (χ1) is 14.2. The molecule has 3 aromatic carbocycles. The number of aromatic nitrogens is 2. The number of hydrogen-bond donors (Lipinski definition) is 2. The number of anilines is 1. The Labute approximate surface area is 174 Å². The van der Waals surface area contributed by atoms with Crippen LogP contribution in [0.3, 0.4) is 0 Å². The van der Waals surface area contributed by atoms with Crippen molar-refractivity contribution in [2.45, 2.75) is 18.7 Å². The molecule has 0 saturated heterocycles. The Morgan fingerprint density at radius 1 is 1.03 bits per heavy atom. The Kier molecular flexibility index (Phi) is 4.89. The van der Waals surface area contributed by atoms with E-state index in [1.165, 1.54) is 6.07 Å². The van der Waals surface area contributed by atoms with Crippen molar-refractivity contribution < 1.29 is 13.2 Å². The van der Waals surface area contributed by atoms with Gasteiger partial charge < -0.3 is 5.32 Å². The van der Waals surface area contributed by atoms with Crippen LogP contribution in [0.1, 0.15) is 21.5 Å². The Balaban J connectivity index is 1.60. The lowest BCUT2D eigenvalue weighted by Gasteiger charge is -2.12. The van der Waals surface area contributed by atoms with Gasteiger partial charge >= 0.3 is 0 Å². The molecule has 1 heterocycles. The van der Waals surface area contributed by atoms with Gasteiger partial charge in [0.2, 0.25) is 10.0 Å². The lowest BCUT2D eigenvalue weighted by Crippen LogP contribution is -2.17. The number of aryl methyl sites for hydroxylation is 1. The van der Waals surface area contributed by atoms with E-state index in [0.717, 1.165) is 16.7 Å². The van der Waals surface area contributed by atoms with Crippen molar-refractivity contribution in [1.29, 1.82) is 0 Å². The molecule has 0 radical (unpaired) electrons. The van der Waals surface area contributed by atoms with Crippen LogP contribution in [0.5, 0.6) is 0 Å². The Hall–Kier alpha value is -3.49. The highest BCUT2D eigenvalue weighted by atomic mass is 32.2. The van der Waals surface area contributed by atoms with E-state index in [4.69, 9.17) is 5.14 Å². The normalized spacial score (nSPS) is 11.6. The summed E-state index contributed by atoms with van der Waals surface area (Å²) in [5.74, 6) is -0.413. The topological polar surface area (TPSA) is 107 Å². The van der Waals surface area contributed by atoms with E-state index in [1.807, 2.05) is 41.0 Å². The van der Waals surface area contributed by atoms with Crippen LogP contribution in [0.2, 0.25) is 0 Å². The summed E-state index contributed by atoms with van der Waals surface area (Å²) in [5, 5.41) is 8.08. The van der Waals surface area contributed by atoms with Gasteiger partial charge in [0.1, 0.15) is 6.33 Å². The molecule has 8 heteroatoms. The van der Waals surface area contributed by atoms with Gasteiger partial charge in [-0.25, -0.2) is 18.5 Å². The number of carbonyl (C=O) groups is 1. The van der Waals surface area contributed by atoms with Gasteiger partial charge in [-0.3, -0.25) is 9.36 Å². The molecule has 3 N–H and O–H groups in total. The van der Waals surface area contributed by atoms with Gasteiger partial charge in [0.05, 0.1) is 15.9 Å². The number of primary sulfonamides is 1. The number of imidazole rings is 1. The molecule has 152 valence electrons. The van der Waals surface area contributed by atoms with Crippen molar-refractivity contribution in [3.63, 3.8) is 0 Å². The highest BCUT2D eigenvalue weighted by molar-refractivity contribution is 7.89. The first-order valence-electron chi connectivity index (χ1n) is 9.22. The van der Waals surface area contributed by atoms with E-state index >= 15 is 0 Å². The predicted molar refractivity (Wildman–Crippen MR) is 116 cm³/mol. The SMILES string of the molecule is Cc1cc(C(=O)Nc2ccc(-n3cnc4ccccc43)cc2)cc(S(N)(=O)=O)c1C. The third-order valence-electron chi connectivity index (χ3n) is 5.05. The zero-order valence-electron chi connectivity index (χ0n) is 16.5. The number of carbonyl (C=O) groups excluding carboxylic acids is 1. The zero-order chi connectivity index (χ0) is 21.5. The number of nitrogens with two attached hydrogens (primary N) is 1. The zero-order valence-corrected chi connectivity index (χ0v) is 17.3. The fourth-order valence-electron chi connectivity index (χ4n) is 3.33. The van der Waals surface area contributed by atoms with Gasteiger partial charge in [0.25, 0.3) is 5.91 Å². The molecule has 0 aliphatic carbocycles. The molecule has 0 atom stereocenters. The summed E-state index contributed by atoms with van der Waals surface area (Å²) in [6.45, 7) is 3.40. The molecule has 0 unspecified atom stereocenters. The Morgan fingerprint density at radius 2 is 1.73 bits per heavy atom. The fourth-order valence-corrected chi connectivity index (χ4v) is 4.21. The molecule has 0 spiro atoms. The number of para-hydroxylation sites is 2. The minimum atomic E-state index is -3.92. The summed E-state index contributed by atoms with van der Waals surface area (Å²) in [7, 11) is -3.92. The summed E-state index contributed by atoms with van der Waals surface area (Å²) in [6.07, 6.45) is 1.75. The number of nitrogens with one attached hydrogen (secondary N) is 1. The predicted octanol–water partition coefficient (Wildman–Crippen LogP) is 3.54. The van der Waals surface area contributed by atoms with Gasteiger partial charge in [-0.1, -0.05) is 12.1 Å². The van der Waals surface area contributed by atoms with E-state index in [1.54, 1.807) is 38.4 Å². The minimum Gasteiger partial charge on any atom is -0.322 e. The molecule has 4 aromatic rings. The number of fused-ring (bicyclic) bond motifs is 1. The van der Waals surface area contributed by atoms with Crippen LogP contribution >= 0.6 is 0 Å². The summed E-state index contributed by atoms with van der Waals surface area (Å²) >= 11 is 0. The number of sulfonamides is 1. The van der Waals surface area contributed by atoms with Crippen LogP contribution in [-0.4, -0.2) is 23.9 Å². The maximum absolute atomic E-state index is 12.7. The van der Waals surface area contributed by atoms with Gasteiger partial charge in [-0.2, -0.15) is 0 Å². The van der Waals surface area contributed by atoms with Crippen molar-refractivity contribution in [3.05, 3.63) is 83.7 Å². The molecule has 0 fully saturated rings. The molecular formula is C22H20N4O3S. The highest BCUT2D eigenvalue weighted by Crippen LogP contribution is 2.22. The molecule has 0 aliphatic heterocycles. The quantitative estimate of drug-likeness (QED) is 0.526. The third kappa shape index (κ3) is 3.70. The molecule has 0 aliphatic rings. The lowest BCUT2D eigenvalue weighted by molar-refractivity contribution is 0.102. The van der Waals surface area contributed by atoms with Gasteiger partial charge in [-0.05, 0) is 73.5 Å². The summed E-state index contributed by atoms with van der Waals surface area (Å²) < 4.78 is 25.6. The number of rotatable bonds is 4. The van der Waals surface area contributed by atoms with Crippen LogP contribution in [0.15, 0.2) is 71.9 Å². The van der Waals surface area contributed by atoms with E-state index in [2.05, 4.69) is 10.3 Å². The number of hydrogen-bond acceptors (Lipinski definition) is 4. The maximum Gasteiger partial charge on any atom is 0.255 e. The van der Waals surface area contributed by atoms with Gasteiger partial charge in [-0.15, -0.1) is 0 Å². The fraction of sp³-hybridized carbons (Fsp3) is 0.0909. The van der Waals surface area contributed by atoms with Crippen LogP contribution < -0.4 is 10.5 Å². The standard InChI is InChI=1S/C22H20N4O3S/c1-14-11-16(12-21(15(14)2)30(23,28)29)22(27)25-17-7-9-18(10-8-17)26-13-24-19-5-3-4-6-20(19)26/h3-13H,1-2H3,(H,25,27)(H2,23,28,29). The first-order valence-corrected chi connectivity index (χ1v) is 10.8. The van der Waals surface area contributed by atoms with Crippen molar-refractivity contribution >= 4 is 32.7 Å². The molecule has 0 saturated carbocycles. The van der Waals surface area contributed by atoms with Gasteiger partial charge in [0.15, 0.2) is 0 Å². The van der Waals surface area contributed by atoms with Crippen LogP contribution in [0.4, 0.5) is 5.69 Å². The van der Waals surface area contributed by atoms with Crippen molar-refractivity contribution in [2.24, 2.45) is 5.14 Å². The van der Waals surface area contributed by atoms with E-state index in [-0.39, 0.29) is 10.5 Å². The van der Waals surface area contributed by atoms with Crippen molar-refractivity contribution in [2.75, 3.05) is 5.32 Å². The highest BCUT2D eigenvalue weighted by Gasteiger charge is 2.17. The molecule has 0 bridgehead atoms. The molecule has 1 amide bonds. The second-order valence-electron chi connectivity index (χ2n) is 7.07.